The highest BCUT2D eigenvalue weighted by Gasteiger charge is 2.29. The van der Waals surface area contributed by atoms with Crippen LogP contribution in [0.3, 0.4) is 0 Å². The number of likely N-dealkylation sites (tertiary alicyclic amines) is 1. The van der Waals surface area contributed by atoms with E-state index in [1.54, 1.807) is 17.0 Å². The molecule has 11 heteroatoms. The molecule has 0 aliphatic carbocycles. The average molecular weight is 508 g/mol. The molecule has 3 aromatic rings. The number of benzene rings is 2. The number of rotatable bonds is 5. The van der Waals surface area contributed by atoms with E-state index < -0.39 is 21.7 Å². The number of amides is 1. The molecule has 0 saturated carbocycles. The third-order valence-electron chi connectivity index (χ3n) is 6.19. The minimum Gasteiger partial charge on any atom is -0.467 e. The molecule has 2 saturated heterocycles. The zero-order valence-corrected chi connectivity index (χ0v) is 19.9. The van der Waals surface area contributed by atoms with E-state index in [2.05, 4.69) is 4.98 Å². The Balaban J connectivity index is 1.19. The SMILES string of the molecule is O=C(c1ccc(S(=O)(=O)N2CCCC2)cc1)N1CCC(Oc2nc3c(F)cc(F)cc3s2)CC1. The van der Waals surface area contributed by atoms with E-state index >= 15 is 0 Å². The van der Waals surface area contributed by atoms with Gasteiger partial charge in [0.2, 0.25) is 10.0 Å². The van der Waals surface area contributed by atoms with Crippen molar-refractivity contribution >= 4 is 37.5 Å². The van der Waals surface area contributed by atoms with Gasteiger partial charge in [0.15, 0.2) is 5.82 Å². The van der Waals surface area contributed by atoms with Crippen molar-refractivity contribution in [3.8, 4) is 5.19 Å². The fraction of sp³-hybridized carbons (Fsp3) is 0.391. The van der Waals surface area contributed by atoms with Crippen LogP contribution in [0, 0.1) is 11.6 Å². The summed E-state index contributed by atoms with van der Waals surface area (Å²) in [6.07, 6.45) is 2.68. The quantitative estimate of drug-likeness (QED) is 0.521. The Morgan fingerprint density at radius 1 is 1.03 bits per heavy atom. The topological polar surface area (TPSA) is 79.8 Å². The summed E-state index contributed by atoms with van der Waals surface area (Å²) in [6, 6.07) is 8.12. The summed E-state index contributed by atoms with van der Waals surface area (Å²) in [7, 11) is -3.52. The van der Waals surface area contributed by atoms with Gasteiger partial charge in [0.25, 0.3) is 11.1 Å². The number of hydrogen-bond donors (Lipinski definition) is 0. The van der Waals surface area contributed by atoms with E-state index in [1.165, 1.54) is 22.5 Å². The van der Waals surface area contributed by atoms with Crippen molar-refractivity contribution in [2.24, 2.45) is 0 Å². The van der Waals surface area contributed by atoms with Gasteiger partial charge in [0.05, 0.1) is 9.60 Å². The van der Waals surface area contributed by atoms with E-state index in [-0.39, 0.29) is 27.6 Å². The molecule has 2 aliphatic rings. The summed E-state index contributed by atoms with van der Waals surface area (Å²) in [4.78, 5) is 18.9. The van der Waals surface area contributed by atoms with E-state index in [1.807, 2.05) is 0 Å². The van der Waals surface area contributed by atoms with Gasteiger partial charge in [-0.15, -0.1) is 0 Å². The number of aromatic nitrogens is 1. The molecular formula is C23H23F2N3O4S2. The lowest BCUT2D eigenvalue weighted by atomic mass is 10.1. The molecule has 1 aromatic heterocycles. The van der Waals surface area contributed by atoms with E-state index in [0.717, 1.165) is 30.2 Å². The minimum absolute atomic E-state index is 0.0872. The van der Waals surface area contributed by atoms with Crippen LogP contribution in [-0.2, 0) is 10.0 Å². The average Bonchev–Trinajstić information content (AvgIpc) is 3.50. The molecule has 0 bridgehead atoms. The lowest BCUT2D eigenvalue weighted by Crippen LogP contribution is -2.41. The number of nitrogens with zero attached hydrogens (tertiary/aromatic N) is 3. The molecule has 2 fully saturated rings. The lowest BCUT2D eigenvalue weighted by molar-refractivity contribution is 0.0595. The van der Waals surface area contributed by atoms with Gasteiger partial charge in [-0.1, -0.05) is 11.3 Å². The van der Waals surface area contributed by atoms with Gasteiger partial charge >= 0.3 is 0 Å². The standard InChI is InChI=1S/C23H23F2N3O4S2/c24-16-13-19(25)21-20(14-16)33-23(26-21)32-17-7-11-27(12-8-17)22(29)15-3-5-18(6-4-15)34(30,31)28-9-1-2-10-28/h3-6,13-14,17H,1-2,7-12H2. The number of sulfonamides is 1. The third-order valence-corrected chi connectivity index (χ3v) is 9.00. The predicted octanol–water partition coefficient (Wildman–Crippen LogP) is 4.04. The van der Waals surface area contributed by atoms with Gasteiger partial charge in [-0.25, -0.2) is 17.2 Å². The Morgan fingerprint density at radius 2 is 1.71 bits per heavy atom. The molecule has 0 atom stereocenters. The maximum atomic E-state index is 13.9. The Bertz CT molecular complexity index is 1310. The fourth-order valence-electron chi connectivity index (χ4n) is 4.34. The molecule has 2 aliphatic heterocycles. The second kappa shape index (κ2) is 9.20. The Labute approximate surface area is 200 Å². The highest BCUT2D eigenvalue weighted by Crippen LogP contribution is 2.32. The van der Waals surface area contributed by atoms with Gasteiger partial charge < -0.3 is 9.64 Å². The van der Waals surface area contributed by atoms with E-state index in [0.29, 0.717) is 49.3 Å². The molecule has 5 rings (SSSR count). The number of piperidine rings is 1. The Kier molecular flexibility index (Phi) is 6.26. The van der Waals surface area contributed by atoms with Crippen molar-refractivity contribution in [2.45, 2.75) is 36.7 Å². The summed E-state index contributed by atoms with van der Waals surface area (Å²) in [5.74, 6) is -1.55. The first-order chi connectivity index (χ1) is 16.3. The number of carbonyl (C=O) groups is 1. The second-order valence-corrected chi connectivity index (χ2v) is 11.4. The number of hydrogen-bond acceptors (Lipinski definition) is 6. The van der Waals surface area contributed by atoms with E-state index in [9.17, 15) is 22.0 Å². The normalized spacial score (nSPS) is 18.0. The van der Waals surface area contributed by atoms with Gasteiger partial charge in [0, 0.05) is 50.7 Å². The molecule has 7 nitrogen and oxygen atoms in total. The summed E-state index contributed by atoms with van der Waals surface area (Å²) >= 11 is 1.09. The van der Waals surface area contributed by atoms with Gasteiger partial charge in [-0.3, -0.25) is 4.79 Å². The maximum Gasteiger partial charge on any atom is 0.274 e. The van der Waals surface area contributed by atoms with E-state index in [4.69, 9.17) is 4.74 Å². The first-order valence-electron chi connectivity index (χ1n) is 11.1. The number of fused-ring (bicyclic) bond motifs is 1. The minimum atomic E-state index is -3.52. The monoisotopic (exact) mass is 507 g/mol. The van der Waals surface area contributed by atoms with Crippen LogP contribution in [0.2, 0.25) is 0 Å². The lowest BCUT2D eigenvalue weighted by Gasteiger charge is -2.31. The van der Waals surface area contributed by atoms with Crippen LogP contribution in [-0.4, -0.2) is 60.8 Å². The largest absolute Gasteiger partial charge is 0.467 e. The van der Waals surface area contributed by atoms with Crippen LogP contribution in [0.5, 0.6) is 5.19 Å². The smallest absolute Gasteiger partial charge is 0.274 e. The van der Waals surface area contributed by atoms with Crippen molar-refractivity contribution < 1.29 is 26.7 Å². The molecule has 0 radical (unpaired) electrons. The number of ether oxygens (including phenoxy) is 1. The van der Waals surface area contributed by atoms with Crippen LogP contribution < -0.4 is 4.74 Å². The van der Waals surface area contributed by atoms with Crippen molar-refractivity contribution in [2.75, 3.05) is 26.2 Å². The zero-order chi connectivity index (χ0) is 23.9. The van der Waals surface area contributed by atoms with Crippen LogP contribution in [0.25, 0.3) is 10.2 Å². The predicted molar refractivity (Wildman–Crippen MR) is 124 cm³/mol. The highest BCUT2D eigenvalue weighted by atomic mass is 32.2. The van der Waals surface area contributed by atoms with Crippen molar-refractivity contribution in [1.29, 1.82) is 0 Å². The molecule has 34 heavy (non-hydrogen) atoms. The summed E-state index contributed by atoms with van der Waals surface area (Å²) in [5, 5.41) is 0.277. The molecule has 0 unspecified atom stereocenters. The van der Waals surface area contributed by atoms with Crippen LogP contribution in [0.1, 0.15) is 36.0 Å². The van der Waals surface area contributed by atoms with Crippen LogP contribution >= 0.6 is 11.3 Å². The molecule has 0 spiro atoms. The van der Waals surface area contributed by atoms with Crippen molar-refractivity contribution in [3.63, 3.8) is 0 Å². The number of thiazole rings is 1. The second-order valence-electron chi connectivity index (χ2n) is 8.46. The molecule has 180 valence electrons. The molecule has 2 aromatic carbocycles. The van der Waals surface area contributed by atoms with Gasteiger partial charge in [-0.05, 0) is 43.2 Å². The Hall–Kier alpha value is -2.63. The third kappa shape index (κ3) is 4.51. The fourth-order valence-corrected chi connectivity index (χ4v) is 6.77. The maximum absolute atomic E-state index is 13.9. The molecular weight excluding hydrogens is 484 g/mol. The first-order valence-corrected chi connectivity index (χ1v) is 13.4. The molecule has 1 amide bonds. The zero-order valence-electron chi connectivity index (χ0n) is 18.2. The first kappa shape index (κ1) is 23.1. The summed E-state index contributed by atoms with van der Waals surface area (Å²) < 4.78 is 60.4. The molecule has 3 heterocycles. The highest BCUT2D eigenvalue weighted by molar-refractivity contribution is 7.89. The van der Waals surface area contributed by atoms with Crippen LogP contribution in [0.4, 0.5) is 8.78 Å². The summed E-state index contributed by atoms with van der Waals surface area (Å²) in [6.45, 7) is 1.99. The van der Waals surface area contributed by atoms with Gasteiger partial charge in [0.1, 0.15) is 17.4 Å². The number of carbonyl (C=O) groups excluding carboxylic acids is 1. The van der Waals surface area contributed by atoms with Crippen molar-refractivity contribution in [1.82, 2.24) is 14.2 Å². The van der Waals surface area contributed by atoms with Crippen molar-refractivity contribution in [3.05, 3.63) is 53.6 Å². The van der Waals surface area contributed by atoms with Gasteiger partial charge in [-0.2, -0.15) is 9.29 Å². The Morgan fingerprint density at radius 3 is 2.38 bits per heavy atom. The number of halogens is 2. The summed E-state index contributed by atoms with van der Waals surface area (Å²) in [5.41, 5.74) is 0.521. The van der Waals surface area contributed by atoms with Crippen LogP contribution in [0.15, 0.2) is 41.3 Å². The molecule has 0 N–H and O–H groups in total.